The third kappa shape index (κ3) is 5.07. The Morgan fingerprint density at radius 3 is 2.25 bits per heavy atom. The van der Waals surface area contributed by atoms with E-state index in [1.807, 2.05) is 27.7 Å². The molecule has 172 valence electrons. The van der Waals surface area contributed by atoms with Gasteiger partial charge in [0.05, 0.1) is 25.5 Å². The molecule has 1 heterocycles. The number of benzene rings is 2. The van der Waals surface area contributed by atoms with Crippen LogP contribution in [0.1, 0.15) is 44.5 Å². The summed E-state index contributed by atoms with van der Waals surface area (Å²) in [6, 6.07) is 8.55. The molecule has 32 heavy (non-hydrogen) atoms. The van der Waals surface area contributed by atoms with Gasteiger partial charge in [-0.25, -0.2) is 0 Å². The van der Waals surface area contributed by atoms with Gasteiger partial charge in [0.1, 0.15) is 5.75 Å². The first-order valence-electron chi connectivity index (χ1n) is 11.0. The number of ether oxygens (including phenoxy) is 4. The molecule has 1 aliphatic rings. The van der Waals surface area contributed by atoms with Gasteiger partial charge in [0.15, 0.2) is 18.1 Å². The van der Waals surface area contributed by atoms with Crippen LogP contribution in [0.5, 0.6) is 23.0 Å². The molecular formula is C24H30N2O6. The molecule has 0 bridgehead atoms. The molecular weight excluding hydrogens is 412 g/mol. The van der Waals surface area contributed by atoms with E-state index in [0.717, 1.165) is 6.42 Å². The smallest absolute Gasteiger partial charge is 0.265 e. The first-order valence-corrected chi connectivity index (χ1v) is 11.0. The summed E-state index contributed by atoms with van der Waals surface area (Å²) in [6.45, 7) is 9.51. The predicted molar refractivity (Wildman–Crippen MR) is 122 cm³/mol. The number of hydrogen-bond acceptors (Lipinski definition) is 6. The van der Waals surface area contributed by atoms with E-state index in [2.05, 4.69) is 5.32 Å². The van der Waals surface area contributed by atoms with Crippen molar-refractivity contribution in [2.75, 3.05) is 43.2 Å². The Kier molecular flexibility index (Phi) is 7.81. The summed E-state index contributed by atoms with van der Waals surface area (Å²) in [5.74, 6) is 1.55. The van der Waals surface area contributed by atoms with Crippen LogP contribution in [-0.4, -0.2) is 44.8 Å². The minimum atomic E-state index is -0.327. The summed E-state index contributed by atoms with van der Waals surface area (Å²) in [4.78, 5) is 26.9. The Balaban J connectivity index is 1.87. The van der Waals surface area contributed by atoms with Crippen LogP contribution in [0.15, 0.2) is 30.3 Å². The molecule has 0 unspecified atom stereocenters. The lowest BCUT2D eigenvalue weighted by Gasteiger charge is -2.29. The highest BCUT2D eigenvalue weighted by atomic mass is 16.5. The van der Waals surface area contributed by atoms with Crippen molar-refractivity contribution in [3.8, 4) is 23.0 Å². The van der Waals surface area contributed by atoms with Crippen molar-refractivity contribution >= 4 is 23.2 Å². The van der Waals surface area contributed by atoms with E-state index in [9.17, 15) is 9.59 Å². The molecule has 0 atom stereocenters. The van der Waals surface area contributed by atoms with Crippen molar-refractivity contribution in [3.05, 3.63) is 35.9 Å². The SMILES string of the molecule is CCCN1C(=O)COc2cc(NC(=O)c3cc(OCC)c(OCC)c(OCC)c3)ccc21. The lowest BCUT2D eigenvalue weighted by Crippen LogP contribution is -2.39. The van der Waals surface area contributed by atoms with E-state index in [4.69, 9.17) is 18.9 Å². The highest BCUT2D eigenvalue weighted by Gasteiger charge is 2.25. The zero-order valence-electron chi connectivity index (χ0n) is 19.0. The Labute approximate surface area is 188 Å². The normalized spacial score (nSPS) is 12.6. The molecule has 8 nitrogen and oxygen atoms in total. The summed E-state index contributed by atoms with van der Waals surface area (Å²) >= 11 is 0. The average molecular weight is 443 g/mol. The molecule has 1 aliphatic heterocycles. The topological polar surface area (TPSA) is 86.3 Å². The molecule has 1 N–H and O–H groups in total. The Bertz CT molecular complexity index is 948. The van der Waals surface area contributed by atoms with Gasteiger partial charge in [-0.1, -0.05) is 6.92 Å². The van der Waals surface area contributed by atoms with Crippen molar-refractivity contribution in [1.82, 2.24) is 0 Å². The maximum atomic E-state index is 13.0. The maximum Gasteiger partial charge on any atom is 0.265 e. The van der Waals surface area contributed by atoms with Crippen molar-refractivity contribution in [1.29, 1.82) is 0 Å². The van der Waals surface area contributed by atoms with Crippen molar-refractivity contribution in [2.24, 2.45) is 0 Å². The molecule has 0 saturated carbocycles. The highest BCUT2D eigenvalue weighted by molar-refractivity contribution is 6.06. The summed E-state index contributed by atoms with van der Waals surface area (Å²) in [5.41, 5.74) is 1.64. The van der Waals surface area contributed by atoms with E-state index in [0.29, 0.717) is 66.3 Å². The van der Waals surface area contributed by atoms with Gasteiger partial charge >= 0.3 is 0 Å². The third-order valence-electron chi connectivity index (χ3n) is 4.78. The summed E-state index contributed by atoms with van der Waals surface area (Å²) in [6.07, 6.45) is 0.839. The van der Waals surface area contributed by atoms with Gasteiger partial charge in [0.2, 0.25) is 5.75 Å². The van der Waals surface area contributed by atoms with E-state index >= 15 is 0 Å². The minimum Gasteiger partial charge on any atom is -0.490 e. The van der Waals surface area contributed by atoms with Crippen LogP contribution < -0.4 is 29.2 Å². The second-order valence-electron chi connectivity index (χ2n) is 7.07. The Morgan fingerprint density at radius 2 is 1.66 bits per heavy atom. The van der Waals surface area contributed by atoms with Crippen LogP contribution in [0.3, 0.4) is 0 Å². The predicted octanol–water partition coefficient (Wildman–Crippen LogP) is 4.27. The Hall–Kier alpha value is -3.42. The summed E-state index contributed by atoms with van der Waals surface area (Å²) < 4.78 is 22.7. The van der Waals surface area contributed by atoms with Crippen molar-refractivity contribution in [2.45, 2.75) is 34.1 Å². The largest absolute Gasteiger partial charge is 0.490 e. The number of nitrogens with zero attached hydrogens (tertiary/aromatic N) is 1. The number of amides is 2. The number of nitrogens with one attached hydrogen (secondary N) is 1. The number of carbonyl (C=O) groups excluding carboxylic acids is 2. The molecule has 0 radical (unpaired) electrons. The summed E-state index contributed by atoms with van der Waals surface area (Å²) in [7, 11) is 0. The lowest BCUT2D eigenvalue weighted by atomic mass is 10.1. The van der Waals surface area contributed by atoms with Gasteiger partial charge in [-0.15, -0.1) is 0 Å². The maximum absolute atomic E-state index is 13.0. The van der Waals surface area contributed by atoms with Crippen molar-refractivity contribution < 1.29 is 28.5 Å². The fraction of sp³-hybridized carbons (Fsp3) is 0.417. The summed E-state index contributed by atoms with van der Waals surface area (Å²) in [5, 5.41) is 2.88. The molecule has 2 aromatic rings. The van der Waals surface area contributed by atoms with Crippen LogP contribution in [0.2, 0.25) is 0 Å². The number of anilines is 2. The molecule has 3 rings (SSSR count). The van der Waals surface area contributed by atoms with Crippen LogP contribution in [0, 0.1) is 0 Å². The second kappa shape index (κ2) is 10.7. The average Bonchev–Trinajstić information content (AvgIpc) is 2.78. The minimum absolute atomic E-state index is 0.0152. The molecule has 0 aromatic heterocycles. The Morgan fingerprint density at radius 1 is 1.00 bits per heavy atom. The number of hydrogen-bond donors (Lipinski definition) is 1. The molecule has 0 fully saturated rings. The molecule has 0 saturated heterocycles. The first kappa shape index (κ1) is 23.2. The van der Waals surface area contributed by atoms with Crippen LogP contribution in [0.4, 0.5) is 11.4 Å². The van der Waals surface area contributed by atoms with Crippen LogP contribution in [-0.2, 0) is 4.79 Å². The van der Waals surface area contributed by atoms with Gasteiger partial charge in [-0.2, -0.15) is 0 Å². The molecule has 0 spiro atoms. The van der Waals surface area contributed by atoms with E-state index < -0.39 is 0 Å². The van der Waals surface area contributed by atoms with Gasteiger partial charge in [-0.3, -0.25) is 9.59 Å². The number of fused-ring (bicyclic) bond motifs is 1. The van der Waals surface area contributed by atoms with Gasteiger partial charge in [-0.05, 0) is 51.5 Å². The molecule has 8 heteroatoms. The molecule has 0 aliphatic carbocycles. The molecule has 2 amide bonds. The zero-order valence-corrected chi connectivity index (χ0v) is 19.0. The van der Waals surface area contributed by atoms with E-state index in [1.54, 1.807) is 35.2 Å². The molecule has 2 aromatic carbocycles. The van der Waals surface area contributed by atoms with Gasteiger partial charge < -0.3 is 29.2 Å². The fourth-order valence-corrected chi connectivity index (χ4v) is 3.47. The third-order valence-corrected chi connectivity index (χ3v) is 4.78. The van der Waals surface area contributed by atoms with E-state index in [1.165, 1.54) is 0 Å². The van der Waals surface area contributed by atoms with Gasteiger partial charge in [0.25, 0.3) is 11.8 Å². The number of carbonyl (C=O) groups is 2. The first-order chi connectivity index (χ1) is 15.5. The van der Waals surface area contributed by atoms with Crippen LogP contribution >= 0.6 is 0 Å². The standard InChI is InChI=1S/C24H30N2O6/c1-5-11-26-18-10-9-17(14-19(18)32-15-22(26)27)25-24(28)16-12-20(29-6-2)23(31-8-4)21(13-16)30-7-3/h9-10,12-14H,5-8,11,15H2,1-4H3,(H,25,28). The van der Waals surface area contributed by atoms with E-state index in [-0.39, 0.29) is 18.4 Å². The highest BCUT2D eigenvalue weighted by Crippen LogP contribution is 2.40. The fourth-order valence-electron chi connectivity index (χ4n) is 3.47. The quantitative estimate of drug-likeness (QED) is 0.591. The van der Waals surface area contributed by atoms with Gasteiger partial charge in [0, 0.05) is 23.9 Å². The number of rotatable bonds is 10. The zero-order chi connectivity index (χ0) is 23.1. The van der Waals surface area contributed by atoms with Crippen LogP contribution in [0.25, 0.3) is 0 Å². The second-order valence-corrected chi connectivity index (χ2v) is 7.07. The monoisotopic (exact) mass is 442 g/mol. The van der Waals surface area contributed by atoms with Crippen molar-refractivity contribution in [3.63, 3.8) is 0 Å². The lowest BCUT2D eigenvalue weighted by molar-refractivity contribution is -0.121.